The number of rotatable bonds is 0. The highest BCUT2D eigenvalue weighted by Gasteiger charge is 2.36. The average molecular weight is 334 g/mol. The van der Waals surface area contributed by atoms with Gasteiger partial charge in [-0.25, -0.2) is 14.9 Å². The SMILES string of the molecule is [O-]c1nc2c(s1)C=NC1c3ccccc3C(Br)=C[NH+]21. The summed E-state index contributed by atoms with van der Waals surface area (Å²) in [4.78, 5) is 10.6. The van der Waals surface area contributed by atoms with E-state index in [0.717, 1.165) is 42.5 Å². The first-order chi connectivity index (χ1) is 9.24. The van der Waals surface area contributed by atoms with Crippen molar-refractivity contribution in [1.82, 2.24) is 4.98 Å². The molecule has 2 unspecified atom stereocenters. The van der Waals surface area contributed by atoms with Gasteiger partial charge in [0.05, 0.1) is 15.9 Å². The zero-order valence-corrected chi connectivity index (χ0v) is 12.0. The molecule has 3 heterocycles. The minimum absolute atomic E-state index is 0.0495. The van der Waals surface area contributed by atoms with E-state index in [1.165, 1.54) is 0 Å². The van der Waals surface area contributed by atoms with Crippen LogP contribution in [0.1, 0.15) is 22.2 Å². The molecular weight excluding hydrogens is 326 g/mol. The Kier molecular flexibility index (Phi) is 2.38. The van der Waals surface area contributed by atoms with Crippen molar-refractivity contribution >= 4 is 43.8 Å². The maximum Gasteiger partial charge on any atom is 0.251 e. The first kappa shape index (κ1) is 11.3. The smallest absolute Gasteiger partial charge is 0.251 e. The van der Waals surface area contributed by atoms with Gasteiger partial charge in [0.15, 0.2) is 0 Å². The Bertz CT molecular complexity index is 737. The van der Waals surface area contributed by atoms with Gasteiger partial charge in [0.1, 0.15) is 11.1 Å². The quantitative estimate of drug-likeness (QED) is 0.795. The fourth-order valence-electron chi connectivity index (χ4n) is 2.52. The Morgan fingerprint density at radius 3 is 3.05 bits per heavy atom. The van der Waals surface area contributed by atoms with Crippen molar-refractivity contribution in [3.63, 3.8) is 0 Å². The third-order valence-corrected chi connectivity index (χ3v) is 4.78. The summed E-state index contributed by atoms with van der Waals surface area (Å²) >= 11 is 4.74. The Hall–Kier alpha value is -1.50. The third-order valence-electron chi connectivity index (χ3n) is 3.34. The van der Waals surface area contributed by atoms with Crippen molar-refractivity contribution < 1.29 is 10.0 Å². The standard InChI is InChI=1S/C13H8BrN3OS/c14-9-6-17-11(8-4-2-1-3-7(8)9)15-5-10-12(17)16-13(18)19-10/h1-6,11H,(H,16,18). The van der Waals surface area contributed by atoms with Gasteiger partial charge in [0, 0.05) is 11.1 Å². The van der Waals surface area contributed by atoms with Crippen LogP contribution in [-0.4, -0.2) is 11.2 Å². The first-order valence-electron chi connectivity index (χ1n) is 5.79. The van der Waals surface area contributed by atoms with Gasteiger partial charge in [-0.1, -0.05) is 24.3 Å². The van der Waals surface area contributed by atoms with Crippen molar-refractivity contribution in [2.45, 2.75) is 6.17 Å². The second kappa shape index (κ2) is 4.00. The lowest BCUT2D eigenvalue weighted by molar-refractivity contribution is -0.815. The summed E-state index contributed by atoms with van der Waals surface area (Å²) in [6.45, 7) is 0. The molecule has 0 saturated carbocycles. The number of hydrogen-bond donors (Lipinski definition) is 1. The molecule has 2 atom stereocenters. The predicted molar refractivity (Wildman–Crippen MR) is 75.9 cm³/mol. The number of benzene rings is 1. The number of aliphatic imine (C=N–C) groups is 1. The summed E-state index contributed by atoms with van der Waals surface area (Å²) in [7, 11) is 0. The summed E-state index contributed by atoms with van der Waals surface area (Å²) in [6.07, 6.45) is 3.75. The average Bonchev–Trinajstić information content (AvgIpc) is 2.80. The number of quaternary nitrogens is 1. The van der Waals surface area contributed by atoms with Crippen LogP contribution in [0.25, 0.3) is 4.48 Å². The second-order valence-electron chi connectivity index (χ2n) is 4.41. The molecule has 0 bridgehead atoms. The second-order valence-corrected chi connectivity index (χ2v) is 6.26. The van der Waals surface area contributed by atoms with Crippen LogP contribution in [0, 0.1) is 0 Å². The van der Waals surface area contributed by atoms with Gasteiger partial charge in [0.25, 0.3) is 5.82 Å². The molecule has 2 aliphatic rings. The van der Waals surface area contributed by atoms with Gasteiger partial charge >= 0.3 is 0 Å². The largest absolute Gasteiger partial charge is 0.851 e. The lowest BCUT2D eigenvalue weighted by Crippen LogP contribution is -3.04. The molecular formula is C13H8BrN3OS. The molecule has 1 aromatic carbocycles. The molecule has 0 fully saturated rings. The van der Waals surface area contributed by atoms with Crippen molar-refractivity contribution in [2.75, 3.05) is 0 Å². The van der Waals surface area contributed by atoms with E-state index in [9.17, 15) is 5.11 Å². The molecule has 6 heteroatoms. The van der Waals surface area contributed by atoms with E-state index < -0.39 is 0 Å². The van der Waals surface area contributed by atoms with Gasteiger partial charge in [-0.3, -0.25) is 0 Å². The van der Waals surface area contributed by atoms with E-state index in [1.54, 1.807) is 6.21 Å². The fourth-order valence-corrected chi connectivity index (χ4v) is 3.83. The van der Waals surface area contributed by atoms with Gasteiger partial charge < -0.3 is 5.11 Å². The molecule has 0 aliphatic carbocycles. The van der Waals surface area contributed by atoms with E-state index in [1.807, 2.05) is 18.3 Å². The topological polar surface area (TPSA) is 52.8 Å². The fraction of sp³-hybridized carbons (Fsp3) is 0.0769. The molecule has 0 radical (unpaired) electrons. The summed E-state index contributed by atoms with van der Waals surface area (Å²) in [5, 5.41) is 11.3. The summed E-state index contributed by atoms with van der Waals surface area (Å²) in [5.74, 6) is 0.779. The van der Waals surface area contributed by atoms with Crippen LogP contribution < -0.4 is 10.0 Å². The van der Waals surface area contributed by atoms with Crippen LogP contribution >= 0.6 is 27.3 Å². The number of fused-ring (bicyclic) bond motifs is 5. The highest BCUT2D eigenvalue weighted by molar-refractivity contribution is 9.15. The molecule has 2 aliphatic heterocycles. The highest BCUT2D eigenvalue weighted by Crippen LogP contribution is 2.35. The first-order valence-corrected chi connectivity index (χ1v) is 7.40. The summed E-state index contributed by atoms with van der Waals surface area (Å²) < 4.78 is 1.01. The molecule has 0 spiro atoms. The molecule has 94 valence electrons. The maximum absolute atomic E-state index is 11.5. The van der Waals surface area contributed by atoms with Crippen LogP contribution in [-0.2, 0) is 0 Å². The number of nitrogens with one attached hydrogen (secondary N) is 1. The van der Waals surface area contributed by atoms with E-state index in [2.05, 4.69) is 38.0 Å². The third kappa shape index (κ3) is 1.60. The number of hydrogen-bond acceptors (Lipinski definition) is 4. The van der Waals surface area contributed by atoms with Gasteiger partial charge in [-0.05, 0) is 15.9 Å². The lowest BCUT2D eigenvalue weighted by Gasteiger charge is -2.28. The monoisotopic (exact) mass is 333 g/mol. The molecule has 0 saturated heterocycles. The van der Waals surface area contributed by atoms with E-state index >= 15 is 0 Å². The Morgan fingerprint density at radius 1 is 1.32 bits per heavy atom. The number of aromatic nitrogens is 1. The molecule has 1 N–H and O–H groups in total. The van der Waals surface area contributed by atoms with E-state index in [-0.39, 0.29) is 11.4 Å². The molecule has 19 heavy (non-hydrogen) atoms. The number of halogens is 1. The molecule has 4 nitrogen and oxygen atoms in total. The zero-order chi connectivity index (χ0) is 13.0. The van der Waals surface area contributed by atoms with Crippen molar-refractivity contribution in [2.24, 2.45) is 4.99 Å². The van der Waals surface area contributed by atoms with E-state index in [0.29, 0.717) is 0 Å². The Morgan fingerprint density at radius 2 is 2.16 bits per heavy atom. The van der Waals surface area contributed by atoms with E-state index in [4.69, 9.17) is 0 Å². The summed E-state index contributed by atoms with van der Waals surface area (Å²) in [6, 6.07) is 8.15. The van der Waals surface area contributed by atoms with Gasteiger partial charge in [-0.2, -0.15) is 0 Å². The van der Waals surface area contributed by atoms with Crippen LogP contribution in [0.5, 0.6) is 5.19 Å². The maximum atomic E-state index is 11.5. The molecule has 2 aromatic rings. The lowest BCUT2D eigenvalue weighted by atomic mass is 10.0. The van der Waals surface area contributed by atoms with Crippen LogP contribution in [0.2, 0.25) is 0 Å². The minimum Gasteiger partial charge on any atom is -0.851 e. The normalized spacial score (nSPS) is 23.3. The van der Waals surface area contributed by atoms with Crippen LogP contribution in [0.15, 0.2) is 35.5 Å². The highest BCUT2D eigenvalue weighted by atomic mass is 79.9. The van der Waals surface area contributed by atoms with Gasteiger partial charge in [-0.15, -0.1) is 11.3 Å². The Balaban J connectivity index is 1.94. The molecule has 4 rings (SSSR count). The molecule has 1 aromatic heterocycles. The van der Waals surface area contributed by atoms with Crippen LogP contribution in [0.3, 0.4) is 0 Å². The van der Waals surface area contributed by atoms with Gasteiger partial charge in [0.2, 0.25) is 6.17 Å². The zero-order valence-electron chi connectivity index (χ0n) is 9.63. The predicted octanol–water partition coefficient (Wildman–Crippen LogP) is 1.57. The van der Waals surface area contributed by atoms with Crippen LogP contribution in [0.4, 0.5) is 5.82 Å². The minimum atomic E-state index is -0.159. The van der Waals surface area contributed by atoms with Crippen molar-refractivity contribution in [3.8, 4) is 5.19 Å². The summed E-state index contributed by atoms with van der Waals surface area (Å²) in [5.41, 5.74) is 2.30. The molecule has 0 amide bonds. The number of thiazole rings is 1. The Labute approximate surface area is 121 Å². The van der Waals surface area contributed by atoms with Crippen molar-refractivity contribution in [1.29, 1.82) is 0 Å². The number of nitrogens with zero attached hydrogens (tertiary/aromatic N) is 2. The van der Waals surface area contributed by atoms with Crippen molar-refractivity contribution in [3.05, 3.63) is 46.5 Å².